The third kappa shape index (κ3) is 4.37. The highest BCUT2D eigenvalue weighted by Crippen LogP contribution is 2.32. The number of fused-ring (bicyclic) bond motifs is 1. The number of methoxy groups -OCH3 is 1. The second-order valence-corrected chi connectivity index (χ2v) is 6.36. The van der Waals surface area contributed by atoms with Crippen molar-refractivity contribution in [2.45, 2.75) is 13.3 Å². The van der Waals surface area contributed by atoms with Crippen molar-refractivity contribution < 1.29 is 23.8 Å². The molecule has 3 N–H and O–H groups in total. The SMILES string of the molecule is COc1ccccc1CCNC(=O)C(=O)Nc1c(O)ccc2c(C)cc(=O)oc12. The Bertz CT molecular complexity index is 1140. The van der Waals surface area contributed by atoms with Crippen molar-refractivity contribution in [3.63, 3.8) is 0 Å². The summed E-state index contributed by atoms with van der Waals surface area (Å²) in [5.74, 6) is -1.50. The lowest BCUT2D eigenvalue weighted by Crippen LogP contribution is -2.36. The number of aryl methyl sites for hydroxylation is 1. The van der Waals surface area contributed by atoms with E-state index < -0.39 is 17.4 Å². The predicted octanol–water partition coefficient (Wildman–Crippen LogP) is 2.11. The lowest BCUT2D eigenvalue weighted by molar-refractivity contribution is -0.136. The molecule has 8 nitrogen and oxygen atoms in total. The van der Waals surface area contributed by atoms with E-state index in [0.29, 0.717) is 23.1 Å². The van der Waals surface area contributed by atoms with Crippen LogP contribution in [-0.4, -0.2) is 30.6 Å². The summed E-state index contributed by atoms with van der Waals surface area (Å²) in [5, 5.41) is 15.5. The van der Waals surface area contributed by atoms with Crippen molar-refractivity contribution in [1.82, 2.24) is 5.32 Å². The van der Waals surface area contributed by atoms with E-state index >= 15 is 0 Å². The lowest BCUT2D eigenvalue weighted by Gasteiger charge is -2.11. The molecule has 0 saturated heterocycles. The third-order valence-corrected chi connectivity index (χ3v) is 4.41. The normalized spacial score (nSPS) is 10.6. The predicted molar refractivity (Wildman–Crippen MR) is 107 cm³/mol. The Labute approximate surface area is 166 Å². The maximum absolute atomic E-state index is 12.3. The molecule has 0 spiro atoms. The summed E-state index contributed by atoms with van der Waals surface area (Å²) < 4.78 is 10.4. The first-order valence-electron chi connectivity index (χ1n) is 8.88. The van der Waals surface area contributed by atoms with Crippen LogP contribution in [0.4, 0.5) is 5.69 Å². The van der Waals surface area contributed by atoms with Gasteiger partial charge in [-0.3, -0.25) is 9.59 Å². The number of nitrogens with one attached hydrogen (secondary N) is 2. The molecule has 0 aliphatic heterocycles. The van der Waals surface area contributed by atoms with Crippen molar-refractivity contribution in [3.8, 4) is 11.5 Å². The Hall–Kier alpha value is -3.81. The van der Waals surface area contributed by atoms with Crippen molar-refractivity contribution >= 4 is 28.5 Å². The number of amides is 2. The Balaban J connectivity index is 1.71. The Kier molecular flexibility index (Phi) is 5.82. The first-order chi connectivity index (χ1) is 13.9. The number of carbonyl (C=O) groups is 2. The highest BCUT2D eigenvalue weighted by atomic mass is 16.5. The first kappa shape index (κ1) is 19.9. The molecule has 0 radical (unpaired) electrons. The molecule has 0 fully saturated rings. The smallest absolute Gasteiger partial charge is 0.336 e. The maximum Gasteiger partial charge on any atom is 0.336 e. The minimum atomic E-state index is -0.989. The standard InChI is InChI=1S/C21H20N2O6/c1-12-11-17(25)29-19-14(12)7-8-15(24)18(19)23-21(27)20(26)22-10-9-13-5-3-4-6-16(13)28-2/h3-8,11,24H,9-10H2,1-2H3,(H,22,26)(H,23,27). The molecule has 1 aromatic heterocycles. The molecule has 1 heterocycles. The molecule has 0 aliphatic carbocycles. The first-order valence-corrected chi connectivity index (χ1v) is 8.88. The number of para-hydroxylation sites is 1. The molecule has 0 bridgehead atoms. The Morgan fingerprint density at radius 3 is 2.66 bits per heavy atom. The van der Waals surface area contributed by atoms with Crippen LogP contribution >= 0.6 is 0 Å². The summed E-state index contributed by atoms with van der Waals surface area (Å²) in [5.41, 5.74) is 0.753. The molecule has 0 atom stereocenters. The molecule has 0 unspecified atom stereocenters. The number of carbonyl (C=O) groups excluding carboxylic acids is 2. The molecule has 0 aliphatic rings. The minimum absolute atomic E-state index is 0.00479. The zero-order valence-electron chi connectivity index (χ0n) is 15.9. The number of aromatic hydroxyl groups is 1. The summed E-state index contributed by atoms with van der Waals surface area (Å²) in [6.07, 6.45) is 0.469. The van der Waals surface area contributed by atoms with Gasteiger partial charge in [0.2, 0.25) is 0 Å². The van der Waals surface area contributed by atoms with E-state index in [1.54, 1.807) is 20.1 Å². The third-order valence-electron chi connectivity index (χ3n) is 4.41. The fraction of sp³-hybridized carbons (Fsp3) is 0.190. The van der Waals surface area contributed by atoms with Gasteiger partial charge in [0.15, 0.2) is 5.58 Å². The van der Waals surface area contributed by atoms with Gasteiger partial charge in [-0.15, -0.1) is 0 Å². The lowest BCUT2D eigenvalue weighted by atomic mass is 10.1. The van der Waals surface area contributed by atoms with Gasteiger partial charge < -0.3 is 24.9 Å². The molecule has 2 amide bonds. The number of hydrogen-bond acceptors (Lipinski definition) is 6. The van der Waals surface area contributed by atoms with Gasteiger partial charge in [0.05, 0.1) is 7.11 Å². The van der Waals surface area contributed by atoms with Gasteiger partial charge in [0.25, 0.3) is 0 Å². The number of phenols is 1. The van der Waals surface area contributed by atoms with Crippen LogP contribution in [-0.2, 0) is 16.0 Å². The van der Waals surface area contributed by atoms with Crippen LogP contribution in [0.1, 0.15) is 11.1 Å². The fourth-order valence-electron chi connectivity index (χ4n) is 2.96. The summed E-state index contributed by atoms with van der Waals surface area (Å²) in [6, 6.07) is 11.6. The second kappa shape index (κ2) is 8.47. The van der Waals surface area contributed by atoms with Crippen molar-refractivity contribution in [2.24, 2.45) is 0 Å². The summed E-state index contributed by atoms with van der Waals surface area (Å²) >= 11 is 0. The number of anilines is 1. The summed E-state index contributed by atoms with van der Waals surface area (Å²) in [4.78, 5) is 36.1. The van der Waals surface area contributed by atoms with Crippen LogP contribution < -0.4 is 21.0 Å². The van der Waals surface area contributed by atoms with Crippen molar-refractivity contribution in [2.75, 3.05) is 19.0 Å². The number of rotatable bonds is 5. The molecule has 29 heavy (non-hydrogen) atoms. The van der Waals surface area contributed by atoms with Crippen LogP contribution in [0.5, 0.6) is 11.5 Å². The molecule has 150 valence electrons. The molecule has 2 aromatic carbocycles. The van der Waals surface area contributed by atoms with E-state index in [0.717, 1.165) is 5.56 Å². The Morgan fingerprint density at radius 1 is 1.14 bits per heavy atom. The largest absolute Gasteiger partial charge is 0.506 e. The van der Waals surface area contributed by atoms with E-state index in [4.69, 9.17) is 9.15 Å². The van der Waals surface area contributed by atoms with E-state index in [1.807, 2.05) is 24.3 Å². The molecule has 8 heteroatoms. The minimum Gasteiger partial charge on any atom is -0.506 e. The topological polar surface area (TPSA) is 118 Å². The highest BCUT2D eigenvalue weighted by molar-refractivity contribution is 6.40. The van der Waals surface area contributed by atoms with E-state index in [2.05, 4.69) is 10.6 Å². The number of ether oxygens (including phenoxy) is 1. The monoisotopic (exact) mass is 396 g/mol. The number of hydrogen-bond donors (Lipinski definition) is 3. The van der Waals surface area contributed by atoms with Crippen LogP contribution in [0.15, 0.2) is 51.7 Å². The molecular formula is C21H20N2O6. The van der Waals surface area contributed by atoms with Gasteiger partial charge in [0, 0.05) is 18.0 Å². The van der Waals surface area contributed by atoms with Gasteiger partial charge in [-0.25, -0.2) is 4.79 Å². The van der Waals surface area contributed by atoms with Gasteiger partial charge in [0.1, 0.15) is 17.2 Å². The van der Waals surface area contributed by atoms with Gasteiger partial charge in [-0.2, -0.15) is 0 Å². The van der Waals surface area contributed by atoms with E-state index in [9.17, 15) is 19.5 Å². The average Bonchev–Trinajstić information content (AvgIpc) is 2.70. The van der Waals surface area contributed by atoms with Crippen molar-refractivity contribution in [1.29, 1.82) is 0 Å². The zero-order valence-corrected chi connectivity index (χ0v) is 15.9. The van der Waals surface area contributed by atoms with Crippen molar-refractivity contribution in [3.05, 3.63) is 64.0 Å². The van der Waals surface area contributed by atoms with Crippen LogP contribution in [0.25, 0.3) is 11.0 Å². The Morgan fingerprint density at radius 2 is 1.90 bits per heavy atom. The quantitative estimate of drug-likeness (QED) is 0.345. The summed E-state index contributed by atoms with van der Waals surface area (Å²) in [7, 11) is 1.56. The van der Waals surface area contributed by atoms with E-state index in [-0.39, 0.29) is 23.6 Å². The van der Waals surface area contributed by atoms with Gasteiger partial charge in [-0.05, 0) is 42.7 Å². The number of benzene rings is 2. The van der Waals surface area contributed by atoms with Crippen LogP contribution in [0.3, 0.4) is 0 Å². The van der Waals surface area contributed by atoms with Crippen LogP contribution in [0.2, 0.25) is 0 Å². The highest BCUT2D eigenvalue weighted by Gasteiger charge is 2.19. The van der Waals surface area contributed by atoms with Gasteiger partial charge >= 0.3 is 17.4 Å². The van der Waals surface area contributed by atoms with Gasteiger partial charge in [-0.1, -0.05) is 18.2 Å². The molecule has 3 aromatic rings. The van der Waals surface area contributed by atoms with E-state index in [1.165, 1.54) is 12.1 Å². The number of phenolic OH excluding ortho intramolecular Hbond substituents is 1. The summed E-state index contributed by atoms with van der Waals surface area (Å²) in [6.45, 7) is 1.91. The zero-order chi connectivity index (χ0) is 21.0. The second-order valence-electron chi connectivity index (χ2n) is 6.36. The van der Waals surface area contributed by atoms with Crippen LogP contribution in [0, 0.1) is 6.92 Å². The molecule has 0 saturated carbocycles. The molecule has 3 rings (SSSR count). The maximum atomic E-state index is 12.3. The average molecular weight is 396 g/mol. The fourth-order valence-corrected chi connectivity index (χ4v) is 2.96. The molecular weight excluding hydrogens is 376 g/mol.